The van der Waals surface area contributed by atoms with Gasteiger partial charge in [0, 0.05) is 50.5 Å². The van der Waals surface area contributed by atoms with Crippen molar-refractivity contribution in [3.63, 3.8) is 0 Å². The van der Waals surface area contributed by atoms with E-state index in [-0.39, 0.29) is 5.91 Å². The van der Waals surface area contributed by atoms with E-state index in [9.17, 15) is 4.79 Å². The Balaban J connectivity index is 1.19. The van der Waals surface area contributed by atoms with Crippen molar-refractivity contribution in [2.75, 3.05) is 19.6 Å². The van der Waals surface area contributed by atoms with Crippen molar-refractivity contribution < 1.29 is 4.79 Å². The molecule has 2 aliphatic heterocycles. The van der Waals surface area contributed by atoms with Crippen LogP contribution in [0.2, 0.25) is 0 Å². The summed E-state index contributed by atoms with van der Waals surface area (Å²) < 4.78 is 1.96. The molecule has 1 aromatic heterocycles. The second kappa shape index (κ2) is 8.88. The Morgan fingerprint density at radius 3 is 2.53 bits per heavy atom. The molecule has 5 heteroatoms. The van der Waals surface area contributed by atoms with E-state index in [4.69, 9.17) is 5.10 Å². The van der Waals surface area contributed by atoms with Crippen LogP contribution in [0.3, 0.4) is 0 Å². The molecule has 0 bridgehead atoms. The standard InChI is InChI=1S/C29H32N4O/c1-31-27-12-11-25(32-16-13-23(14-17-32)21-7-3-2-4-8-21)19-26(27)28(30-31)29(34)33-18-15-22-9-5-6-10-24(22)20-33/h2-10,13,25H,11-12,14-20H2,1H3/t25-/m1/s1. The van der Waals surface area contributed by atoms with Gasteiger partial charge in [-0.2, -0.15) is 5.10 Å². The van der Waals surface area contributed by atoms with Crippen LogP contribution >= 0.6 is 0 Å². The van der Waals surface area contributed by atoms with Crippen LogP contribution in [0.25, 0.3) is 5.57 Å². The highest BCUT2D eigenvalue weighted by Crippen LogP contribution is 2.31. The van der Waals surface area contributed by atoms with Crippen LogP contribution in [-0.4, -0.2) is 51.2 Å². The minimum Gasteiger partial charge on any atom is -0.333 e. The molecule has 6 rings (SSSR count). The van der Waals surface area contributed by atoms with Crippen LogP contribution in [0.4, 0.5) is 0 Å². The largest absolute Gasteiger partial charge is 0.333 e. The van der Waals surface area contributed by atoms with Gasteiger partial charge in [-0.3, -0.25) is 14.4 Å². The number of aromatic nitrogens is 2. The fourth-order valence-corrected chi connectivity index (χ4v) is 6.00. The first-order chi connectivity index (χ1) is 16.7. The van der Waals surface area contributed by atoms with Crippen molar-refractivity contribution in [3.05, 3.63) is 94.3 Å². The highest BCUT2D eigenvalue weighted by molar-refractivity contribution is 5.94. The van der Waals surface area contributed by atoms with Gasteiger partial charge in [-0.15, -0.1) is 0 Å². The molecular weight excluding hydrogens is 420 g/mol. The van der Waals surface area contributed by atoms with E-state index in [1.807, 2.05) is 16.6 Å². The van der Waals surface area contributed by atoms with Gasteiger partial charge in [-0.05, 0) is 54.4 Å². The lowest BCUT2D eigenvalue weighted by Gasteiger charge is -2.36. The summed E-state index contributed by atoms with van der Waals surface area (Å²) in [5.41, 5.74) is 8.53. The number of amides is 1. The third-order valence-corrected chi connectivity index (χ3v) is 7.95. The molecule has 3 aliphatic rings. The minimum atomic E-state index is 0.0944. The number of fused-ring (bicyclic) bond motifs is 2. The molecule has 174 valence electrons. The molecule has 0 saturated carbocycles. The van der Waals surface area contributed by atoms with Gasteiger partial charge in [0.2, 0.25) is 0 Å². The third-order valence-electron chi connectivity index (χ3n) is 7.95. The molecule has 1 atom stereocenters. The molecule has 1 aliphatic carbocycles. The summed E-state index contributed by atoms with van der Waals surface area (Å²) in [6, 6.07) is 19.7. The first-order valence-electron chi connectivity index (χ1n) is 12.6. The maximum absolute atomic E-state index is 13.6. The lowest BCUT2D eigenvalue weighted by molar-refractivity contribution is 0.0726. The summed E-state index contributed by atoms with van der Waals surface area (Å²) in [5, 5.41) is 4.75. The van der Waals surface area contributed by atoms with Crippen molar-refractivity contribution in [3.8, 4) is 0 Å². The van der Waals surface area contributed by atoms with E-state index in [1.165, 1.54) is 33.5 Å². The average molecular weight is 453 g/mol. The van der Waals surface area contributed by atoms with Crippen LogP contribution in [-0.2, 0) is 32.9 Å². The normalized spacial score (nSPS) is 20.4. The molecule has 0 unspecified atom stereocenters. The van der Waals surface area contributed by atoms with Gasteiger partial charge in [-0.1, -0.05) is 60.7 Å². The Morgan fingerprint density at radius 2 is 1.74 bits per heavy atom. The number of hydrogen-bond acceptors (Lipinski definition) is 3. The van der Waals surface area contributed by atoms with Gasteiger partial charge < -0.3 is 4.90 Å². The predicted octanol–water partition coefficient (Wildman–Crippen LogP) is 4.27. The number of rotatable bonds is 3. The van der Waals surface area contributed by atoms with Crippen molar-refractivity contribution in [1.82, 2.24) is 19.6 Å². The summed E-state index contributed by atoms with van der Waals surface area (Å²) in [6.07, 6.45) is 7.44. The van der Waals surface area contributed by atoms with Crippen LogP contribution in [0.1, 0.15) is 51.3 Å². The van der Waals surface area contributed by atoms with Crippen molar-refractivity contribution >= 4 is 11.5 Å². The van der Waals surface area contributed by atoms with Crippen LogP contribution in [0.5, 0.6) is 0 Å². The summed E-state index contributed by atoms with van der Waals surface area (Å²) in [7, 11) is 2.00. The summed E-state index contributed by atoms with van der Waals surface area (Å²) in [6.45, 7) is 3.51. The van der Waals surface area contributed by atoms with E-state index < -0.39 is 0 Å². The molecule has 2 aromatic carbocycles. The van der Waals surface area contributed by atoms with Gasteiger partial charge in [0.15, 0.2) is 5.69 Å². The van der Waals surface area contributed by atoms with Crippen molar-refractivity contribution in [2.45, 2.75) is 44.7 Å². The van der Waals surface area contributed by atoms with Gasteiger partial charge in [0.25, 0.3) is 5.91 Å². The van der Waals surface area contributed by atoms with Gasteiger partial charge in [-0.25, -0.2) is 0 Å². The number of hydrogen-bond donors (Lipinski definition) is 0. The molecule has 5 nitrogen and oxygen atoms in total. The van der Waals surface area contributed by atoms with Crippen LogP contribution in [0, 0.1) is 0 Å². The molecule has 34 heavy (non-hydrogen) atoms. The first-order valence-corrected chi connectivity index (χ1v) is 12.6. The first kappa shape index (κ1) is 21.4. The Labute approximate surface area is 201 Å². The fourth-order valence-electron chi connectivity index (χ4n) is 6.00. The second-order valence-electron chi connectivity index (χ2n) is 9.88. The zero-order chi connectivity index (χ0) is 23.1. The minimum absolute atomic E-state index is 0.0944. The Kier molecular flexibility index (Phi) is 5.58. The van der Waals surface area contributed by atoms with E-state index >= 15 is 0 Å². The quantitative estimate of drug-likeness (QED) is 0.596. The monoisotopic (exact) mass is 452 g/mol. The Bertz CT molecular complexity index is 1240. The topological polar surface area (TPSA) is 41.4 Å². The van der Waals surface area contributed by atoms with Crippen molar-refractivity contribution in [2.24, 2.45) is 7.05 Å². The predicted molar refractivity (Wildman–Crippen MR) is 135 cm³/mol. The zero-order valence-corrected chi connectivity index (χ0v) is 19.9. The van der Waals surface area contributed by atoms with Crippen LogP contribution in [0.15, 0.2) is 60.7 Å². The highest BCUT2D eigenvalue weighted by atomic mass is 16.2. The third kappa shape index (κ3) is 3.88. The zero-order valence-electron chi connectivity index (χ0n) is 19.9. The molecule has 3 aromatic rings. The van der Waals surface area contributed by atoms with Gasteiger partial charge >= 0.3 is 0 Å². The number of aryl methyl sites for hydroxylation is 1. The van der Waals surface area contributed by atoms with Crippen LogP contribution < -0.4 is 0 Å². The summed E-state index contributed by atoms with van der Waals surface area (Å²) in [5.74, 6) is 0.0944. The van der Waals surface area contributed by atoms with Gasteiger partial charge in [0.05, 0.1) is 0 Å². The smallest absolute Gasteiger partial charge is 0.274 e. The lowest BCUT2D eigenvalue weighted by Crippen LogP contribution is -2.42. The van der Waals surface area contributed by atoms with Gasteiger partial charge in [0.1, 0.15) is 0 Å². The molecule has 0 N–H and O–H groups in total. The second-order valence-corrected chi connectivity index (χ2v) is 9.88. The molecule has 0 fully saturated rings. The number of benzene rings is 2. The highest BCUT2D eigenvalue weighted by Gasteiger charge is 2.33. The molecule has 0 spiro atoms. The maximum atomic E-state index is 13.6. The van der Waals surface area contributed by atoms with Crippen molar-refractivity contribution in [1.29, 1.82) is 0 Å². The summed E-state index contributed by atoms with van der Waals surface area (Å²) >= 11 is 0. The van der Waals surface area contributed by atoms with E-state index in [1.54, 1.807) is 0 Å². The van der Waals surface area contributed by atoms with E-state index in [0.29, 0.717) is 18.3 Å². The number of carbonyl (C=O) groups excluding carboxylic acids is 1. The number of carbonyl (C=O) groups is 1. The molecule has 0 radical (unpaired) electrons. The molecule has 0 saturated heterocycles. The fraction of sp³-hybridized carbons (Fsp3) is 0.379. The number of nitrogens with zero attached hydrogens (tertiary/aromatic N) is 4. The average Bonchev–Trinajstić information content (AvgIpc) is 3.24. The maximum Gasteiger partial charge on any atom is 0.274 e. The summed E-state index contributed by atoms with van der Waals surface area (Å²) in [4.78, 5) is 18.2. The Hall–Kier alpha value is -3.18. The van der Waals surface area contributed by atoms with E-state index in [2.05, 4.69) is 65.6 Å². The SMILES string of the molecule is Cn1nc(C(=O)N2CCc3ccccc3C2)c2c1CC[C@@H](N1CC=C(c3ccccc3)CC1)C2. The molecule has 3 heterocycles. The molecule has 1 amide bonds. The molecular formula is C29H32N4O. The van der Waals surface area contributed by atoms with E-state index in [0.717, 1.165) is 51.7 Å². The Morgan fingerprint density at radius 1 is 0.941 bits per heavy atom. The lowest BCUT2D eigenvalue weighted by atomic mass is 9.88.